The van der Waals surface area contributed by atoms with E-state index >= 15 is 0 Å². The third-order valence-electron chi connectivity index (χ3n) is 5.71. The molecule has 0 bridgehead atoms. The van der Waals surface area contributed by atoms with Crippen molar-refractivity contribution < 1.29 is 4.79 Å². The van der Waals surface area contributed by atoms with Crippen LogP contribution in [0, 0.1) is 11.3 Å². The van der Waals surface area contributed by atoms with Gasteiger partial charge in [-0.2, -0.15) is 10.4 Å². The number of H-pyrrole nitrogens is 1. The van der Waals surface area contributed by atoms with Crippen LogP contribution in [0.25, 0.3) is 16.7 Å². The average molecular weight is 457 g/mol. The number of nitrogens with zero attached hydrogens (tertiary/aromatic N) is 5. The van der Waals surface area contributed by atoms with Crippen LogP contribution in [-0.2, 0) is 4.79 Å². The fourth-order valence-corrected chi connectivity index (χ4v) is 4.84. The summed E-state index contributed by atoms with van der Waals surface area (Å²) in [5.74, 6) is -0.0980. The molecule has 2 aromatic heterocycles. The minimum Gasteiger partial charge on any atom is -0.326 e. The van der Waals surface area contributed by atoms with Crippen LogP contribution in [0.3, 0.4) is 0 Å². The first-order chi connectivity index (χ1) is 14.9. The van der Waals surface area contributed by atoms with Crippen LogP contribution in [-0.4, -0.2) is 48.9 Å². The maximum atomic E-state index is 12.8. The van der Waals surface area contributed by atoms with Crippen LogP contribution in [0.15, 0.2) is 40.4 Å². The summed E-state index contributed by atoms with van der Waals surface area (Å²) in [6, 6.07) is 9.44. The molecule has 4 rings (SSSR count). The highest BCUT2D eigenvalue weighted by atomic mass is 35.5. The van der Waals surface area contributed by atoms with Crippen LogP contribution in [0.4, 0.5) is 0 Å². The number of fused-ring (bicyclic) bond motifs is 1. The summed E-state index contributed by atoms with van der Waals surface area (Å²) in [5.41, 5.74) is -0.00984. The zero-order valence-electron chi connectivity index (χ0n) is 17.0. The molecule has 0 spiro atoms. The number of benzene rings is 1. The number of amides is 1. The lowest BCUT2D eigenvalue weighted by atomic mass is 9.81. The number of halogens is 1. The maximum absolute atomic E-state index is 12.8. The Morgan fingerprint density at radius 2 is 2.16 bits per heavy atom. The van der Waals surface area contributed by atoms with Gasteiger partial charge < -0.3 is 9.88 Å². The molecule has 1 aliphatic carbocycles. The standard InChI is InChI=1S/C21H21ClN6O2S/c1-27(21(13-23)8-3-2-4-9-21)17(29)12-31-20-25-18-16(19(30)26-20)11-24-28(18)15-7-5-6-14(22)10-15/h5-7,10-11H,2-4,8-9,12H2,1H3,(H,25,26,30). The summed E-state index contributed by atoms with van der Waals surface area (Å²) in [5, 5.41) is 15.2. The third-order valence-corrected chi connectivity index (χ3v) is 6.80. The molecule has 1 amide bonds. The summed E-state index contributed by atoms with van der Waals surface area (Å²) in [4.78, 5) is 34.1. The summed E-state index contributed by atoms with van der Waals surface area (Å²) in [6.07, 6.45) is 5.81. The Bertz CT molecular complexity index is 1220. The molecule has 0 aliphatic heterocycles. The van der Waals surface area contributed by atoms with Crippen molar-refractivity contribution in [1.82, 2.24) is 24.6 Å². The van der Waals surface area contributed by atoms with Crippen molar-refractivity contribution in [2.45, 2.75) is 42.8 Å². The number of hydrogen-bond donors (Lipinski definition) is 1. The molecule has 2 heterocycles. The van der Waals surface area contributed by atoms with Gasteiger partial charge in [-0.3, -0.25) is 9.59 Å². The van der Waals surface area contributed by atoms with Crippen molar-refractivity contribution in [1.29, 1.82) is 5.26 Å². The number of hydrogen-bond acceptors (Lipinski definition) is 6. The summed E-state index contributed by atoms with van der Waals surface area (Å²) >= 11 is 7.21. The SMILES string of the molecule is CN(C(=O)CSc1nc2c(cnn2-c2cccc(Cl)c2)c(=O)[nH]1)C1(C#N)CCCCC1. The highest BCUT2D eigenvalue weighted by Crippen LogP contribution is 2.33. The summed E-state index contributed by atoms with van der Waals surface area (Å²) in [6.45, 7) is 0. The quantitative estimate of drug-likeness (QED) is 0.464. The van der Waals surface area contributed by atoms with Gasteiger partial charge in [0.05, 0.1) is 23.7 Å². The van der Waals surface area contributed by atoms with Crippen molar-refractivity contribution >= 4 is 40.3 Å². The minimum absolute atomic E-state index is 0.0691. The van der Waals surface area contributed by atoms with E-state index in [2.05, 4.69) is 21.1 Å². The average Bonchev–Trinajstić information content (AvgIpc) is 3.22. The second kappa shape index (κ2) is 8.73. The largest absolute Gasteiger partial charge is 0.326 e. The maximum Gasteiger partial charge on any atom is 0.262 e. The number of carbonyl (C=O) groups is 1. The molecule has 0 atom stereocenters. The Kier molecular flexibility index (Phi) is 6.03. The fraction of sp³-hybridized carbons (Fsp3) is 0.381. The van der Waals surface area contributed by atoms with Gasteiger partial charge in [-0.1, -0.05) is 48.7 Å². The predicted octanol–water partition coefficient (Wildman–Crippen LogP) is 3.54. The molecule has 31 heavy (non-hydrogen) atoms. The molecular formula is C21H21ClN6O2S. The molecule has 1 aromatic carbocycles. The molecule has 160 valence electrons. The molecule has 1 aliphatic rings. The van der Waals surface area contributed by atoms with Crippen molar-refractivity contribution in [3.63, 3.8) is 0 Å². The van der Waals surface area contributed by atoms with Gasteiger partial charge in [0, 0.05) is 12.1 Å². The van der Waals surface area contributed by atoms with Crippen LogP contribution in [0.1, 0.15) is 32.1 Å². The lowest BCUT2D eigenvalue weighted by Crippen LogP contribution is -2.50. The Balaban J connectivity index is 1.56. The van der Waals surface area contributed by atoms with Crippen molar-refractivity contribution in [3.05, 3.63) is 45.8 Å². The molecule has 3 aromatic rings. The molecule has 1 saturated carbocycles. The van der Waals surface area contributed by atoms with E-state index in [1.54, 1.807) is 34.8 Å². The number of nitrogens with one attached hydrogen (secondary N) is 1. The second-order valence-electron chi connectivity index (χ2n) is 7.59. The van der Waals surface area contributed by atoms with Gasteiger partial charge in [-0.15, -0.1) is 0 Å². The van der Waals surface area contributed by atoms with Gasteiger partial charge in [0.1, 0.15) is 10.9 Å². The molecule has 1 fully saturated rings. The van der Waals surface area contributed by atoms with Crippen LogP contribution < -0.4 is 5.56 Å². The van der Waals surface area contributed by atoms with Crippen molar-refractivity contribution in [3.8, 4) is 11.8 Å². The van der Waals surface area contributed by atoms with Gasteiger partial charge in [-0.25, -0.2) is 9.67 Å². The van der Waals surface area contributed by atoms with Gasteiger partial charge >= 0.3 is 0 Å². The number of rotatable bonds is 5. The van der Waals surface area contributed by atoms with Crippen LogP contribution in [0.2, 0.25) is 5.02 Å². The molecule has 0 unspecified atom stereocenters. The number of carbonyl (C=O) groups excluding carboxylic acids is 1. The monoisotopic (exact) mass is 456 g/mol. The third kappa shape index (κ3) is 4.18. The van der Waals surface area contributed by atoms with E-state index in [1.165, 1.54) is 6.20 Å². The van der Waals surface area contributed by atoms with Gasteiger partial charge in [0.2, 0.25) is 5.91 Å². The second-order valence-corrected chi connectivity index (χ2v) is 8.99. The van der Waals surface area contributed by atoms with Crippen LogP contribution >= 0.6 is 23.4 Å². The highest BCUT2D eigenvalue weighted by molar-refractivity contribution is 7.99. The van der Waals surface area contributed by atoms with E-state index in [0.717, 1.165) is 31.0 Å². The van der Waals surface area contributed by atoms with E-state index in [4.69, 9.17) is 11.6 Å². The molecule has 0 radical (unpaired) electrons. The van der Waals surface area contributed by atoms with Crippen molar-refractivity contribution in [2.75, 3.05) is 12.8 Å². The van der Waals surface area contributed by atoms with Gasteiger partial charge in [0.25, 0.3) is 5.56 Å². The van der Waals surface area contributed by atoms with Crippen LogP contribution in [0.5, 0.6) is 0 Å². The normalized spacial score (nSPS) is 15.5. The fourth-order valence-electron chi connectivity index (χ4n) is 3.89. The van der Waals surface area contributed by atoms with Gasteiger partial charge in [-0.05, 0) is 31.0 Å². The van der Waals surface area contributed by atoms with E-state index in [0.29, 0.717) is 39.7 Å². The first kappa shape index (κ1) is 21.4. The van der Waals surface area contributed by atoms with E-state index < -0.39 is 5.54 Å². The zero-order chi connectivity index (χ0) is 22.0. The lowest BCUT2D eigenvalue weighted by molar-refractivity contribution is -0.131. The number of nitriles is 1. The van der Waals surface area contributed by atoms with E-state index in [1.807, 2.05) is 6.07 Å². The smallest absolute Gasteiger partial charge is 0.262 e. The first-order valence-electron chi connectivity index (χ1n) is 9.98. The summed E-state index contributed by atoms with van der Waals surface area (Å²) in [7, 11) is 1.69. The van der Waals surface area contributed by atoms with E-state index in [-0.39, 0.29) is 17.2 Å². The molecule has 10 heteroatoms. The van der Waals surface area contributed by atoms with Gasteiger partial charge in [0.15, 0.2) is 10.8 Å². The Hall–Kier alpha value is -2.83. The minimum atomic E-state index is -0.744. The molecule has 8 nitrogen and oxygen atoms in total. The molecule has 0 saturated heterocycles. The molecular weight excluding hydrogens is 436 g/mol. The number of aromatic nitrogens is 4. The Morgan fingerprint density at radius 3 is 2.87 bits per heavy atom. The number of aromatic amines is 1. The predicted molar refractivity (Wildman–Crippen MR) is 119 cm³/mol. The topological polar surface area (TPSA) is 108 Å². The number of thioether (sulfide) groups is 1. The zero-order valence-corrected chi connectivity index (χ0v) is 18.5. The highest BCUT2D eigenvalue weighted by Gasteiger charge is 2.38. The lowest BCUT2D eigenvalue weighted by Gasteiger charge is -2.39. The Morgan fingerprint density at radius 1 is 1.39 bits per heavy atom. The summed E-state index contributed by atoms with van der Waals surface area (Å²) < 4.78 is 1.54. The first-order valence-corrected chi connectivity index (χ1v) is 11.3. The van der Waals surface area contributed by atoms with E-state index in [9.17, 15) is 14.9 Å². The Labute approximate surface area is 188 Å². The molecule has 1 N–H and O–H groups in total. The van der Waals surface area contributed by atoms with Crippen molar-refractivity contribution in [2.24, 2.45) is 0 Å².